The number of ketones is 1. The highest BCUT2D eigenvalue weighted by Gasteiger charge is 2.63. The lowest BCUT2D eigenvalue weighted by Gasteiger charge is -2.34. The lowest BCUT2D eigenvalue weighted by molar-refractivity contribution is -0.121. The molecule has 1 fully saturated rings. The summed E-state index contributed by atoms with van der Waals surface area (Å²) in [7, 11) is 0. The molecule has 4 rings (SSSR count). The van der Waals surface area contributed by atoms with E-state index in [9.17, 15) is 15.3 Å². The Balaban J connectivity index is 2.02. The first-order valence-electron chi connectivity index (χ1n) is 8.66. The van der Waals surface area contributed by atoms with Crippen molar-refractivity contribution in [2.75, 3.05) is 0 Å². The number of nitriles is 2. The van der Waals surface area contributed by atoms with Gasteiger partial charge < -0.3 is 4.90 Å². The molecule has 4 nitrogen and oxygen atoms in total. The summed E-state index contributed by atoms with van der Waals surface area (Å²) in [6.07, 6.45) is 3.83. The fourth-order valence-electron chi connectivity index (χ4n) is 4.53. The zero-order valence-corrected chi connectivity index (χ0v) is 16.8. The monoisotopic (exact) mass is 465 g/mol. The third-order valence-corrected chi connectivity index (χ3v) is 6.24. The molecule has 0 spiro atoms. The second-order valence-electron chi connectivity index (χ2n) is 6.98. The van der Waals surface area contributed by atoms with E-state index in [1.165, 1.54) is 0 Å². The number of Topliss-reactive ketones (excluding diaryl/α,β-unsaturated/α-hetero) is 1. The van der Waals surface area contributed by atoms with Crippen LogP contribution in [0.3, 0.4) is 0 Å². The summed E-state index contributed by atoms with van der Waals surface area (Å²) in [5, 5.41) is 20.5. The molecule has 2 aliphatic heterocycles. The van der Waals surface area contributed by atoms with E-state index in [1.807, 2.05) is 65.7 Å². The number of benzene rings is 2. The molecule has 0 unspecified atom stereocenters. The second kappa shape index (κ2) is 6.51. The number of halogens is 1. The molecule has 27 heavy (non-hydrogen) atoms. The van der Waals surface area contributed by atoms with E-state index in [1.54, 1.807) is 6.92 Å². The van der Waals surface area contributed by atoms with Crippen LogP contribution in [0.4, 0.5) is 0 Å². The van der Waals surface area contributed by atoms with Gasteiger partial charge in [-0.2, -0.15) is 10.5 Å². The first-order chi connectivity index (χ1) is 13.0. The molecule has 5 heteroatoms. The predicted molar refractivity (Wildman–Crippen MR) is 110 cm³/mol. The van der Waals surface area contributed by atoms with Crippen LogP contribution in [0.1, 0.15) is 35.6 Å². The minimum absolute atomic E-state index is 0.0414. The number of hydrogen-bond acceptors (Lipinski definition) is 4. The lowest BCUT2D eigenvalue weighted by Crippen LogP contribution is -2.36. The molecule has 132 valence electrons. The van der Waals surface area contributed by atoms with Gasteiger partial charge in [0.25, 0.3) is 0 Å². The van der Waals surface area contributed by atoms with Crippen LogP contribution in [-0.2, 0) is 4.79 Å². The molecule has 0 radical (unpaired) electrons. The van der Waals surface area contributed by atoms with Crippen LogP contribution >= 0.6 is 22.6 Å². The van der Waals surface area contributed by atoms with Crippen molar-refractivity contribution >= 4 is 34.5 Å². The maximum atomic E-state index is 12.7. The van der Waals surface area contributed by atoms with Gasteiger partial charge in [-0.15, -0.1) is 0 Å². The van der Waals surface area contributed by atoms with Crippen molar-refractivity contribution in [3.63, 3.8) is 0 Å². The van der Waals surface area contributed by atoms with Crippen LogP contribution in [0.5, 0.6) is 0 Å². The molecule has 2 heterocycles. The molecule has 0 N–H and O–H groups in total. The fourth-order valence-corrected chi connectivity index (χ4v) is 5.09. The third-order valence-electron chi connectivity index (χ3n) is 5.57. The predicted octanol–water partition coefficient (Wildman–Crippen LogP) is 4.41. The Morgan fingerprint density at radius 3 is 2.56 bits per heavy atom. The van der Waals surface area contributed by atoms with Crippen LogP contribution in [0.25, 0.3) is 6.08 Å². The van der Waals surface area contributed by atoms with E-state index < -0.39 is 23.4 Å². The van der Waals surface area contributed by atoms with Gasteiger partial charge in [-0.05, 0) is 64.4 Å². The normalized spacial score (nSPS) is 24.4. The highest BCUT2D eigenvalue weighted by molar-refractivity contribution is 14.1. The topological polar surface area (TPSA) is 67.9 Å². The average molecular weight is 465 g/mol. The van der Waals surface area contributed by atoms with Gasteiger partial charge in [0.1, 0.15) is 0 Å². The van der Waals surface area contributed by atoms with Gasteiger partial charge in [-0.25, -0.2) is 0 Å². The Kier molecular flexibility index (Phi) is 4.28. The van der Waals surface area contributed by atoms with E-state index in [4.69, 9.17) is 0 Å². The highest BCUT2D eigenvalue weighted by atomic mass is 127. The molecule has 0 bridgehead atoms. The lowest BCUT2D eigenvalue weighted by atomic mass is 9.68. The zero-order chi connectivity index (χ0) is 19.2. The van der Waals surface area contributed by atoms with Gasteiger partial charge in [-0.3, -0.25) is 4.79 Å². The first kappa shape index (κ1) is 17.8. The number of fused-ring (bicyclic) bond motifs is 3. The van der Waals surface area contributed by atoms with E-state index in [-0.39, 0.29) is 5.78 Å². The van der Waals surface area contributed by atoms with Crippen molar-refractivity contribution in [2.24, 2.45) is 5.41 Å². The molecule has 2 aliphatic rings. The van der Waals surface area contributed by atoms with Crippen LogP contribution in [-0.4, -0.2) is 16.7 Å². The fraction of sp³-hybridized carbons (Fsp3) is 0.227. The van der Waals surface area contributed by atoms with Crippen LogP contribution in [0.2, 0.25) is 0 Å². The summed E-state index contributed by atoms with van der Waals surface area (Å²) >= 11 is 2.22. The molecule has 0 aliphatic carbocycles. The Morgan fingerprint density at radius 1 is 1.15 bits per heavy atom. The van der Waals surface area contributed by atoms with Crippen molar-refractivity contribution in [1.82, 2.24) is 4.90 Å². The van der Waals surface area contributed by atoms with Gasteiger partial charge in [0.15, 0.2) is 11.2 Å². The van der Waals surface area contributed by atoms with Crippen molar-refractivity contribution in [3.8, 4) is 12.1 Å². The van der Waals surface area contributed by atoms with E-state index >= 15 is 0 Å². The summed E-state index contributed by atoms with van der Waals surface area (Å²) in [5.41, 5.74) is 1.40. The van der Waals surface area contributed by atoms with Crippen molar-refractivity contribution < 1.29 is 4.79 Å². The van der Waals surface area contributed by atoms with Gasteiger partial charge in [0.2, 0.25) is 0 Å². The molecule has 0 aromatic heterocycles. The Bertz CT molecular complexity index is 1030. The van der Waals surface area contributed by atoms with Crippen LogP contribution < -0.4 is 0 Å². The number of carbonyl (C=O) groups excluding carboxylic acids is 1. The Hall–Kier alpha value is -2.64. The summed E-state index contributed by atoms with van der Waals surface area (Å²) in [5.74, 6) is -0.569. The summed E-state index contributed by atoms with van der Waals surface area (Å²) < 4.78 is 1.01. The minimum atomic E-state index is -1.36. The van der Waals surface area contributed by atoms with Crippen molar-refractivity contribution in [2.45, 2.75) is 24.9 Å². The SMILES string of the molecule is CC(=O)[C@H]1[C@H](c2cccc(I)c2)C(C#N)(C#N)[C@@H]2c3ccccc3C=CN21. The van der Waals surface area contributed by atoms with Gasteiger partial charge in [0.05, 0.1) is 24.2 Å². The Labute approximate surface area is 171 Å². The minimum Gasteiger partial charge on any atom is -0.357 e. The molecular weight excluding hydrogens is 449 g/mol. The largest absolute Gasteiger partial charge is 0.357 e. The first-order valence-corrected chi connectivity index (χ1v) is 9.74. The van der Waals surface area contributed by atoms with E-state index in [0.29, 0.717) is 0 Å². The van der Waals surface area contributed by atoms with Crippen LogP contribution in [0.15, 0.2) is 54.7 Å². The molecule has 1 saturated heterocycles. The van der Waals surface area contributed by atoms with Gasteiger partial charge in [-0.1, -0.05) is 36.4 Å². The molecule has 2 aromatic carbocycles. The molecule has 3 atom stereocenters. The van der Waals surface area contributed by atoms with Crippen molar-refractivity contribution in [3.05, 3.63) is 75.0 Å². The van der Waals surface area contributed by atoms with E-state index in [2.05, 4.69) is 34.7 Å². The van der Waals surface area contributed by atoms with Crippen LogP contribution in [0, 0.1) is 31.6 Å². The molecular formula is C22H16IN3O. The number of nitrogens with zero attached hydrogens (tertiary/aromatic N) is 3. The summed E-state index contributed by atoms with van der Waals surface area (Å²) in [6.45, 7) is 1.54. The van der Waals surface area contributed by atoms with Crippen molar-refractivity contribution in [1.29, 1.82) is 10.5 Å². The summed E-state index contributed by atoms with van der Waals surface area (Å²) in [6, 6.07) is 19.2. The van der Waals surface area contributed by atoms with Gasteiger partial charge >= 0.3 is 0 Å². The van der Waals surface area contributed by atoms with E-state index in [0.717, 1.165) is 20.3 Å². The summed E-state index contributed by atoms with van der Waals surface area (Å²) in [4.78, 5) is 14.6. The second-order valence-corrected chi connectivity index (χ2v) is 8.22. The number of carbonyl (C=O) groups is 1. The quantitative estimate of drug-likeness (QED) is 0.617. The van der Waals surface area contributed by atoms with Gasteiger partial charge in [0, 0.05) is 15.7 Å². The standard InChI is InChI=1S/C22H16IN3O/c1-14(27)20-19(16-6-4-7-17(23)11-16)22(12-24,13-25)21-18-8-3-2-5-15(18)9-10-26(20)21/h2-11,19-21H,1H3/t19-,20-,21-/m0/s1. The average Bonchev–Trinajstić information content (AvgIpc) is 2.99. The smallest absolute Gasteiger partial charge is 0.177 e. The molecule has 0 saturated carbocycles. The Morgan fingerprint density at radius 2 is 1.89 bits per heavy atom. The number of rotatable bonds is 2. The highest BCUT2D eigenvalue weighted by Crippen LogP contribution is 2.59. The zero-order valence-electron chi connectivity index (χ0n) is 14.6. The molecule has 2 aromatic rings. The number of hydrogen-bond donors (Lipinski definition) is 0. The third kappa shape index (κ3) is 2.49. The maximum absolute atomic E-state index is 12.7. The molecule has 0 amide bonds. The maximum Gasteiger partial charge on any atom is 0.177 e.